The van der Waals surface area contributed by atoms with Crippen LogP contribution in [0.2, 0.25) is 0 Å². The van der Waals surface area contributed by atoms with Crippen molar-refractivity contribution < 1.29 is 0 Å². The summed E-state index contributed by atoms with van der Waals surface area (Å²) in [6, 6.07) is 10.5. The Kier molecular flexibility index (Phi) is 16.4. The Balaban J connectivity index is 0. The lowest BCUT2D eigenvalue weighted by Gasteiger charge is -2.02. The van der Waals surface area contributed by atoms with Gasteiger partial charge in [0.2, 0.25) is 0 Å². The molecule has 0 saturated heterocycles. The largest absolute Gasteiger partial charge is 0.330 e. The molecule has 0 radical (unpaired) electrons. The van der Waals surface area contributed by atoms with E-state index in [1.807, 2.05) is 6.07 Å². The summed E-state index contributed by atoms with van der Waals surface area (Å²) in [5.74, 6) is 1.66. The quantitative estimate of drug-likeness (QED) is 0.786. The molecule has 0 bridgehead atoms. The smallest absolute Gasteiger partial charge is 0.00747 e. The van der Waals surface area contributed by atoms with Gasteiger partial charge in [-0.3, -0.25) is 0 Å². The van der Waals surface area contributed by atoms with Crippen LogP contribution in [0.15, 0.2) is 30.3 Å². The SMILES string of the molecule is CC(C)C.CCC(C)CCN.CCc1ccccc1. The summed E-state index contributed by atoms with van der Waals surface area (Å²) < 4.78 is 0. The zero-order valence-electron chi connectivity index (χ0n) is 13.9. The summed E-state index contributed by atoms with van der Waals surface area (Å²) >= 11 is 0. The average molecular weight is 265 g/mol. The van der Waals surface area contributed by atoms with E-state index in [0.29, 0.717) is 0 Å². The highest BCUT2D eigenvalue weighted by molar-refractivity contribution is 5.13. The van der Waals surface area contributed by atoms with Crippen LogP contribution in [-0.2, 0) is 6.42 Å². The number of aryl methyl sites for hydroxylation is 1. The molecule has 1 rings (SSSR count). The van der Waals surface area contributed by atoms with Crippen LogP contribution in [0.1, 0.15) is 59.9 Å². The van der Waals surface area contributed by atoms with Crippen molar-refractivity contribution in [1.82, 2.24) is 0 Å². The first-order chi connectivity index (χ1) is 8.97. The predicted molar refractivity (Wildman–Crippen MR) is 89.5 cm³/mol. The van der Waals surface area contributed by atoms with Gasteiger partial charge in [-0.2, -0.15) is 0 Å². The molecule has 0 spiro atoms. The van der Waals surface area contributed by atoms with E-state index >= 15 is 0 Å². The van der Waals surface area contributed by atoms with Crippen molar-refractivity contribution in [1.29, 1.82) is 0 Å². The third-order valence-electron chi connectivity index (χ3n) is 2.61. The summed E-state index contributed by atoms with van der Waals surface area (Å²) in [5.41, 5.74) is 6.71. The number of hydrogen-bond acceptors (Lipinski definition) is 1. The van der Waals surface area contributed by atoms with E-state index in [0.717, 1.165) is 24.8 Å². The first-order valence-corrected chi connectivity index (χ1v) is 7.71. The molecule has 0 aliphatic heterocycles. The second-order valence-electron chi connectivity index (χ2n) is 5.66. The Morgan fingerprint density at radius 1 is 0.947 bits per heavy atom. The van der Waals surface area contributed by atoms with Crippen molar-refractivity contribution in [3.8, 4) is 0 Å². The molecule has 1 atom stereocenters. The van der Waals surface area contributed by atoms with Crippen LogP contribution >= 0.6 is 0 Å². The van der Waals surface area contributed by atoms with Crippen molar-refractivity contribution in [2.45, 2.75) is 60.8 Å². The molecule has 0 fully saturated rings. The third-order valence-corrected chi connectivity index (χ3v) is 2.61. The summed E-state index contributed by atoms with van der Waals surface area (Å²) in [6.07, 6.45) is 3.58. The van der Waals surface area contributed by atoms with Gasteiger partial charge >= 0.3 is 0 Å². The zero-order valence-corrected chi connectivity index (χ0v) is 13.9. The van der Waals surface area contributed by atoms with Crippen LogP contribution in [0.5, 0.6) is 0 Å². The van der Waals surface area contributed by atoms with Crippen LogP contribution in [0.3, 0.4) is 0 Å². The van der Waals surface area contributed by atoms with Gasteiger partial charge in [-0.15, -0.1) is 0 Å². The highest BCUT2D eigenvalue weighted by Gasteiger charge is 1.92. The van der Waals surface area contributed by atoms with Crippen LogP contribution in [0.4, 0.5) is 0 Å². The average Bonchev–Trinajstić information content (AvgIpc) is 2.40. The molecule has 2 N–H and O–H groups in total. The third kappa shape index (κ3) is 19.7. The molecule has 1 heteroatoms. The summed E-state index contributed by atoms with van der Waals surface area (Å²) in [5, 5.41) is 0. The van der Waals surface area contributed by atoms with Crippen molar-refractivity contribution in [3.63, 3.8) is 0 Å². The molecule has 0 aliphatic rings. The Bertz CT molecular complexity index is 251. The first-order valence-electron chi connectivity index (χ1n) is 7.71. The lowest BCUT2D eigenvalue weighted by Crippen LogP contribution is -2.04. The predicted octanol–water partition coefficient (Wildman–Crippen LogP) is 5.29. The number of nitrogens with two attached hydrogens (primary N) is 1. The lowest BCUT2D eigenvalue weighted by molar-refractivity contribution is 0.524. The van der Waals surface area contributed by atoms with Gasteiger partial charge in [-0.1, -0.05) is 78.3 Å². The maximum Gasteiger partial charge on any atom is -0.00747 e. The van der Waals surface area contributed by atoms with E-state index < -0.39 is 0 Å². The van der Waals surface area contributed by atoms with Gasteiger partial charge in [0.1, 0.15) is 0 Å². The van der Waals surface area contributed by atoms with Crippen molar-refractivity contribution >= 4 is 0 Å². The maximum absolute atomic E-state index is 5.30. The summed E-state index contributed by atoms with van der Waals surface area (Å²) in [7, 11) is 0. The number of hydrogen-bond donors (Lipinski definition) is 1. The van der Waals surface area contributed by atoms with E-state index in [9.17, 15) is 0 Å². The molecule has 1 aromatic rings. The van der Waals surface area contributed by atoms with Crippen molar-refractivity contribution in [2.75, 3.05) is 6.54 Å². The standard InChI is InChI=1S/C8H10.C6H15N.C4H10/c1-2-8-6-4-3-5-7-8;1-3-6(2)4-5-7;1-4(2)3/h3-7H,2H2,1H3;6H,3-5,7H2,1-2H3;4H,1-3H3. The minimum atomic E-state index is 0.824. The molecule has 19 heavy (non-hydrogen) atoms. The first kappa shape index (κ1) is 20.5. The summed E-state index contributed by atoms with van der Waals surface area (Å²) in [6.45, 7) is 13.9. The molecular weight excluding hydrogens is 230 g/mol. The van der Waals surface area contributed by atoms with E-state index in [1.54, 1.807) is 0 Å². The van der Waals surface area contributed by atoms with Gasteiger partial charge < -0.3 is 5.73 Å². The maximum atomic E-state index is 5.30. The van der Waals surface area contributed by atoms with Crippen LogP contribution in [-0.4, -0.2) is 6.54 Å². The van der Waals surface area contributed by atoms with E-state index in [1.165, 1.54) is 18.4 Å². The van der Waals surface area contributed by atoms with Gasteiger partial charge in [0.15, 0.2) is 0 Å². The lowest BCUT2D eigenvalue weighted by atomic mass is 10.1. The normalized spacial score (nSPS) is 10.9. The van der Waals surface area contributed by atoms with Crippen molar-refractivity contribution in [3.05, 3.63) is 35.9 Å². The Morgan fingerprint density at radius 2 is 1.42 bits per heavy atom. The second kappa shape index (κ2) is 15.2. The van der Waals surface area contributed by atoms with Crippen LogP contribution in [0.25, 0.3) is 0 Å². The Hall–Kier alpha value is -0.820. The summed E-state index contributed by atoms with van der Waals surface area (Å²) in [4.78, 5) is 0. The van der Waals surface area contributed by atoms with Crippen LogP contribution in [0, 0.1) is 11.8 Å². The molecule has 0 aromatic heterocycles. The van der Waals surface area contributed by atoms with Gasteiger partial charge in [0, 0.05) is 0 Å². The molecular formula is C18H35N. The highest BCUT2D eigenvalue weighted by Crippen LogP contribution is 2.02. The molecule has 112 valence electrons. The molecule has 0 amide bonds. The number of benzene rings is 1. The zero-order chi connectivity index (χ0) is 15.1. The molecule has 1 unspecified atom stereocenters. The second-order valence-corrected chi connectivity index (χ2v) is 5.66. The molecule has 1 aromatic carbocycles. The minimum Gasteiger partial charge on any atom is -0.330 e. The fourth-order valence-corrected chi connectivity index (χ4v) is 1.20. The monoisotopic (exact) mass is 265 g/mol. The topological polar surface area (TPSA) is 26.0 Å². The molecule has 0 aliphatic carbocycles. The van der Waals surface area contributed by atoms with E-state index in [4.69, 9.17) is 5.73 Å². The fraction of sp³-hybridized carbons (Fsp3) is 0.667. The molecule has 0 saturated carbocycles. The van der Waals surface area contributed by atoms with Crippen LogP contribution < -0.4 is 5.73 Å². The molecule has 1 nitrogen and oxygen atoms in total. The number of rotatable bonds is 4. The Labute approximate surface area is 121 Å². The van der Waals surface area contributed by atoms with E-state index in [2.05, 4.69) is 65.8 Å². The van der Waals surface area contributed by atoms with E-state index in [-0.39, 0.29) is 0 Å². The van der Waals surface area contributed by atoms with Gasteiger partial charge in [0.05, 0.1) is 0 Å². The van der Waals surface area contributed by atoms with Gasteiger partial charge in [-0.25, -0.2) is 0 Å². The minimum absolute atomic E-state index is 0.824. The van der Waals surface area contributed by atoms with Gasteiger partial charge in [-0.05, 0) is 36.8 Å². The van der Waals surface area contributed by atoms with Crippen molar-refractivity contribution in [2.24, 2.45) is 17.6 Å². The van der Waals surface area contributed by atoms with Gasteiger partial charge in [0.25, 0.3) is 0 Å². The molecule has 0 heterocycles. The Morgan fingerprint density at radius 3 is 1.63 bits per heavy atom. The highest BCUT2D eigenvalue weighted by atomic mass is 14.5. The fourth-order valence-electron chi connectivity index (χ4n) is 1.20.